The number of hydrogen-bond donors (Lipinski definition) is 3. The van der Waals surface area contributed by atoms with Crippen molar-refractivity contribution in [2.75, 3.05) is 0 Å². The highest BCUT2D eigenvalue weighted by atomic mass is 79.9. The summed E-state index contributed by atoms with van der Waals surface area (Å²) in [5.74, 6) is 0.0908. The smallest absolute Gasteiger partial charge is 0.260 e. The summed E-state index contributed by atoms with van der Waals surface area (Å²) in [5, 5.41) is 7.88. The molecule has 2 aromatic carbocycles. The number of benzene rings is 2. The van der Waals surface area contributed by atoms with Gasteiger partial charge in [0.05, 0.1) is 0 Å². The van der Waals surface area contributed by atoms with Crippen LogP contribution >= 0.6 is 32.3 Å². The topological polar surface area (TPSA) is 53.9 Å². The predicted octanol–water partition coefficient (Wildman–Crippen LogP) is 2.81. The number of hydrazone groups is 2. The normalized spacial score (nSPS) is 11.9. The number of halogens is 2. The Morgan fingerprint density at radius 1 is 0.773 bits per heavy atom. The van der Waals surface area contributed by atoms with Crippen LogP contribution in [-0.4, -0.2) is 25.8 Å². The maximum atomic E-state index is 7.88. The molecule has 0 aliphatic rings. The van der Waals surface area contributed by atoms with Gasteiger partial charge in [-0.1, -0.05) is 36.4 Å². The summed E-state index contributed by atoms with van der Waals surface area (Å²) in [6, 6.07) is 19.6. The zero-order valence-electron chi connectivity index (χ0n) is 11.6. The second-order valence-electron chi connectivity index (χ2n) is 4.30. The van der Waals surface area contributed by atoms with E-state index in [1.165, 1.54) is 7.42 Å². The average Bonchev–Trinajstić information content (AvgIpc) is 2.48. The Bertz CT molecular complexity index is 624. The van der Waals surface area contributed by atoms with Gasteiger partial charge in [0.1, 0.15) is 0 Å². The van der Waals surface area contributed by atoms with Crippen molar-refractivity contribution >= 4 is 50.7 Å². The number of hydrazine groups is 2. The molecule has 0 saturated carbocycles. The van der Waals surface area contributed by atoms with E-state index in [0.717, 1.165) is 11.1 Å². The minimum Gasteiger partial charge on any atom is -0.260 e. The molecule has 7 heteroatoms. The lowest BCUT2D eigenvalue weighted by Gasteiger charge is -1.99. The number of rotatable bonds is 4. The van der Waals surface area contributed by atoms with Crippen molar-refractivity contribution < 1.29 is 7.42 Å². The first-order valence-electron chi connectivity index (χ1n) is 6.45. The molecule has 0 atom stereocenters. The van der Waals surface area contributed by atoms with E-state index in [2.05, 4.69) is 43.1 Å². The van der Waals surface area contributed by atoms with Gasteiger partial charge in [-0.15, -0.1) is 10.9 Å². The van der Waals surface area contributed by atoms with Crippen LogP contribution in [0.4, 0.5) is 0 Å². The average molecular weight is 425 g/mol. The van der Waals surface area contributed by atoms with Crippen LogP contribution in [0.1, 0.15) is 11.1 Å². The monoisotopic (exact) mass is 423 g/mol. The van der Waals surface area contributed by atoms with Crippen molar-refractivity contribution in [1.82, 2.24) is 10.9 Å². The van der Waals surface area contributed by atoms with Crippen molar-refractivity contribution in [3.63, 3.8) is 0 Å². The molecule has 0 aliphatic carbocycles. The van der Waals surface area contributed by atoms with E-state index in [-0.39, 0.29) is 5.96 Å². The van der Waals surface area contributed by atoms with Gasteiger partial charge < -0.3 is 0 Å². The molecular weight excluding hydrogens is 410 g/mol. The summed E-state index contributed by atoms with van der Waals surface area (Å²) in [6.07, 6.45) is 3.63. The van der Waals surface area contributed by atoms with Crippen LogP contribution in [0.25, 0.3) is 0 Å². The van der Waals surface area contributed by atoms with E-state index < -0.39 is 0 Å². The molecule has 5 nitrogen and oxygen atoms in total. The summed E-state index contributed by atoms with van der Waals surface area (Å²) < 4.78 is 3.06. The van der Waals surface area contributed by atoms with Gasteiger partial charge in [0.15, 0.2) is 0 Å². The molecule has 0 unspecified atom stereocenters. The standard InChI is InChI=1S/C15H15Br2N5/c16-21(11-13-7-3-1-4-8-13)19-15(18)20-22(17)12-14-9-5-2-6-10-14/h1-12H,(H3,18,19,20)/q+2. The fourth-order valence-electron chi connectivity index (χ4n) is 1.64. The summed E-state index contributed by atoms with van der Waals surface area (Å²) in [4.78, 5) is 0. The first-order valence-corrected chi connectivity index (χ1v) is 7.87. The van der Waals surface area contributed by atoms with Crippen LogP contribution in [-0.2, 0) is 0 Å². The SMILES string of the molecule is N=C(N[N+](Br)=Cc1ccccc1)N[N+](Br)=Cc1ccccc1. The third-order valence-corrected chi connectivity index (χ3v) is 3.33. The van der Waals surface area contributed by atoms with E-state index in [9.17, 15) is 0 Å². The van der Waals surface area contributed by atoms with Gasteiger partial charge >= 0.3 is 38.3 Å². The van der Waals surface area contributed by atoms with E-state index >= 15 is 0 Å². The number of guanidine groups is 1. The highest BCUT2D eigenvalue weighted by Crippen LogP contribution is 1.96. The second kappa shape index (κ2) is 8.45. The van der Waals surface area contributed by atoms with Crippen LogP contribution in [0.3, 0.4) is 0 Å². The maximum Gasteiger partial charge on any atom is 0.360 e. The largest absolute Gasteiger partial charge is 0.360 e. The second-order valence-corrected chi connectivity index (χ2v) is 5.83. The molecule has 0 aliphatic heterocycles. The first-order chi connectivity index (χ1) is 10.6. The van der Waals surface area contributed by atoms with E-state index in [4.69, 9.17) is 5.41 Å². The molecule has 0 fully saturated rings. The quantitative estimate of drug-likeness (QED) is 0.306. The van der Waals surface area contributed by atoms with E-state index in [0.29, 0.717) is 0 Å². The van der Waals surface area contributed by atoms with Crippen LogP contribution in [0, 0.1) is 5.41 Å². The zero-order valence-corrected chi connectivity index (χ0v) is 14.8. The molecular formula is C15H15Br2N5+2. The number of hydrogen-bond acceptors (Lipinski definition) is 1. The van der Waals surface area contributed by atoms with Crippen LogP contribution < -0.4 is 10.9 Å². The highest BCUT2D eigenvalue weighted by molar-refractivity contribution is 9.05. The number of nitrogens with one attached hydrogen (secondary N) is 3. The molecule has 2 aromatic rings. The van der Waals surface area contributed by atoms with Crippen molar-refractivity contribution in [1.29, 1.82) is 5.41 Å². The Labute approximate surface area is 146 Å². The van der Waals surface area contributed by atoms with E-state index in [1.54, 1.807) is 0 Å². The Morgan fingerprint density at radius 2 is 1.14 bits per heavy atom. The molecule has 112 valence electrons. The molecule has 0 amide bonds. The van der Waals surface area contributed by atoms with Gasteiger partial charge in [-0.25, -0.2) is 0 Å². The van der Waals surface area contributed by atoms with Gasteiger partial charge in [0.25, 0.3) is 0 Å². The molecule has 0 aromatic heterocycles. The van der Waals surface area contributed by atoms with Crippen LogP contribution in [0.15, 0.2) is 60.7 Å². The van der Waals surface area contributed by atoms with Crippen molar-refractivity contribution in [2.45, 2.75) is 0 Å². The first kappa shape index (κ1) is 16.4. The van der Waals surface area contributed by atoms with E-state index in [1.807, 2.05) is 73.1 Å². The summed E-state index contributed by atoms with van der Waals surface area (Å²) in [5.41, 5.74) is 7.65. The maximum absolute atomic E-state index is 7.88. The van der Waals surface area contributed by atoms with Crippen molar-refractivity contribution in [2.24, 2.45) is 0 Å². The summed E-state index contributed by atoms with van der Waals surface area (Å²) >= 11 is 6.63. The van der Waals surface area contributed by atoms with Crippen LogP contribution in [0.2, 0.25) is 0 Å². The Hall–Kier alpha value is -1.99. The van der Waals surface area contributed by atoms with Crippen LogP contribution in [0.5, 0.6) is 0 Å². The van der Waals surface area contributed by atoms with Gasteiger partial charge in [0, 0.05) is 11.1 Å². The molecule has 0 spiro atoms. The molecule has 2 rings (SSSR count). The summed E-state index contributed by atoms with van der Waals surface area (Å²) in [6.45, 7) is 0. The Balaban J connectivity index is 1.92. The molecule has 0 heterocycles. The van der Waals surface area contributed by atoms with Crippen molar-refractivity contribution in [3.8, 4) is 0 Å². The van der Waals surface area contributed by atoms with Gasteiger partial charge in [-0.05, 0) is 31.7 Å². The summed E-state index contributed by atoms with van der Waals surface area (Å²) in [7, 11) is 0. The molecule has 3 N–H and O–H groups in total. The lowest BCUT2D eigenvalue weighted by Crippen LogP contribution is -2.42. The third kappa shape index (κ3) is 5.79. The number of nitrogens with zero attached hydrogens (tertiary/aromatic N) is 2. The van der Waals surface area contributed by atoms with Gasteiger partial charge in [-0.3, -0.25) is 5.41 Å². The minimum absolute atomic E-state index is 0.0908. The molecule has 0 saturated heterocycles. The Morgan fingerprint density at radius 3 is 1.50 bits per heavy atom. The Kier molecular flexibility index (Phi) is 6.29. The highest BCUT2D eigenvalue weighted by Gasteiger charge is 2.10. The fourth-order valence-corrected chi connectivity index (χ4v) is 2.47. The van der Waals surface area contributed by atoms with Gasteiger partial charge in [0.2, 0.25) is 12.4 Å². The molecule has 22 heavy (non-hydrogen) atoms. The van der Waals surface area contributed by atoms with Gasteiger partial charge in [-0.2, -0.15) is 0 Å². The fraction of sp³-hybridized carbons (Fsp3) is 0. The molecule has 0 bridgehead atoms. The lowest BCUT2D eigenvalue weighted by molar-refractivity contribution is -0.401. The molecule has 0 radical (unpaired) electrons. The van der Waals surface area contributed by atoms with Crippen molar-refractivity contribution in [3.05, 3.63) is 71.8 Å². The minimum atomic E-state index is 0.0908. The zero-order chi connectivity index (χ0) is 15.8. The lowest BCUT2D eigenvalue weighted by atomic mass is 10.2. The predicted molar refractivity (Wildman–Crippen MR) is 95.6 cm³/mol. The third-order valence-electron chi connectivity index (χ3n) is 2.56.